The van der Waals surface area contributed by atoms with Gasteiger partial charge in [0.1, 0.15) is 0 Å². The lowest BCUT2D eigenvalue weighted by molar-refractivity contribution is -0.137. The van der Waals surface area contributed by atoms with Gasteiger partial charge < -0.3 is 5.11 Å². The maximum Gasteiger partial charge on any atom is 0.303 e. The summed E-state index contributed by atoms with van der Waals surface area (Å²) in [6.07, 6.45) is 4.43. The minimum absolute atomic E-state index is 0.182. The molecule has 0 bridgehead atoms. The van der Waals surface area contributed by atoms with Crippen molar-refractivity contribution in [1.82, 2.24) is 8.61 Å². The average Bonchev–Trinajstić information content (AvgIpc) is 2.45. The van der Waals surface area contributed by atoms with Gasteiger partial charge in [-0.15, -0.1) is 0 Å². The van der Waals surface area contributed by atoms with Crippen LogP contribution in [0, 0.1) is 11.8 Å². The summed E-state index contributed by atoms with van der Waals surface area (Å²) < 4.78 is 28.4. The molecule has 122 valence electrons. The predicted molar refractivity (Wildman–Crippen MR) is 80.1 cm³/mol. The Bertz CT molecular complexity index is 458. The molecule has 0 radical (unpaired) electrons. The molecule has 0 aromatic rings. The molecule has 7 heteroatoms. The zero-order valence-electron chi connectivity index (χ0n) is 12.7. The first kappa shape index (κ1) is 16.7. The van der Waals surface area contributed by atoms with Gasteiger partial charge in [0.05, 0.1) is 0 Å². The van der Waals surface area contributed by atoms with Gasteiger partial charge in [0, 0.05) is 32.6 Å². The van der Waals surface area contributed by atoms with Crippen LogP contribution < -0.4 is 0 Å². The summed E-state index contributed by atoms with van der Waals surface area (Å²) >= 11 is 0. The van der Waals surface area contributed by atoms with Crippen molar-refractivity contribution in [2.45, 2.75) is 45.4 Å². The van der Waals surface area contributed by atoms with Crippen LogP contribution in [0.2, 0.25) is 0 Å². The molecule has 0 aromatic carbocycles. The highest BCUT2D eigenvalue weighted by Crippen LogP contribution is 2.27. The van der Waals surface area contributed by atoms with E-state index in [1.165, 1.54) is 0 Å². The number of piperidine rings is 2. The summed E-state index contributed by atoms with van der Waals surface area (Å²) in [6.45, 7) is 4.40. The quantitative estimate of drug-likeness (QED) is 0.834. The van der Waals surface area contributed by atoms with E-state index in [9.17, 15) is 13.2 Å². The maximum atomic E-state index is 12.6. The fourth-order valence-corrected chi connectivity index (χ4v) is 5.08. The molecule has 0 saturated carbocycles. The van der Waals surface area contributed by atoms with E-state index in [1.54, 1.807) is 8.61 Å². The second kappa shape index (κ2) is 7.07. The second-order valence-corrected chi connectivity index (χ2v) is 8.32. The second-order valence-electron chi connectivity index (χ2n) is 6.39. The van der Waals surface area contributed by atoms with Crippen molar-refractivity contribution in [2.75, 3.05) is 26.2 Å². The normalized spacial score (nSPS) is 26.8. The number of carboxylic acid groups (broad SMARTS) is 1. The Hall–Kier alpha value is -0.660. The Morgan fingerprint density at radius 1 is 1.14 bits per heavy atom. The lowest BCUT2D eigenvalue weighted by Gasteiger charge is -2.37. The molecule has 6 nitrogen and oxygen atoms in total. The van der Waals surface area contributed by atoms with E-state index in [0.29, 0.717) is 44.4 Å². The van der Waals surface area contributed by atoms with Crippen LogP contribution in [0.5, 0.6) is 0 Å². The topological polar surface area (TPSA) is 77.9 Å². The van der Waals surface area contributed by atoms with E-state index >= 15 is 0 Å². The van der Waals surface area contributed by atoms with Gasteiger partial charge in [-0.2, -0.15) is 17.0 Å². The highest BCUT2D eigenvalue weighted by molar-refractivity contribution is 7.86. The molecule has 1 unspecified atom stereocenters. The van der Waals surface area contributed by atoms with E-state index < -0.39 is 16.2 Å². The molecule has 2 saturated heterocycles. The first-order chi connectivity index (χ1) is 9.89. The number of nitrogens with zero attached hydrogens (tertiary/aromatic N) is 2. The van der Waals surface area contributed by atoms with Gasteiger partial charge in [0.2, 0.25) is 0 Å². The minimum Gasteiger partial charge on any atom is -0.481 e. The fourth-order valence-electron chi connectivity index (χ4n) is 3.28. The molecule has 0 aliphatic carbocycles. The molecule has 0 aromatic heterocycles. The van der Waals surface area contributed by atoms with Crippen LogP contribution in [0.1, 0.15) is 45.4 Å². The summed E-state index contributed by atoms with van der Waals surface area (Å²) in [5.41, 5.74) is 0. The lowest BCUT2D eigenvalue weighted by atomic mass is 9.93. The van der Waals surface area contributed by atoms with Crippen molar-refractivity contribution in [3.63, 3.8) is 0 Å². The van der Waals surface area contributed by atoms with E-state index in [0.717, 1.165) is 25.7 Å². The molecular weight excluding hydrogens is 292 g/mol. The maximum absolute atomic E-state index is 12.6. The Kier molecular flexibility index (Phi) is 5.62. The zero-order chi connectivity index (χ0) is 15.5. The average molecular weight is 318 g/mol. The number of rotatable bonds is 5. The van der Waals surface area contributed by atoms with Crippen LogP contribution in [0.25, 0.3) is 0 Å². The van der Waals surface area contributed by atoms with E-state index in [1.807, 2.05) is 0 Å². The number of hydrogen-bond acceptors (Lipinski definition) is 3. The predicted octanol–water partition coefficient (Wildman–Crippen LogP) is 1.54. The Balaban J connectivity index is 1.87. The molecule has 1 N–H and O–H groups in total. The van der Waals surface area contributed by atoms with Gasteiger partial charge in [-0.3, -0.25) is 4.79 Å². The molecule has 2 aliphatic heterocycles. The highest BCUT2D eigenvalue weighted by Gasteiger charge is 2.34. The Morgan fingerprint density at radius 3 is 2.38 bits per heavy atom. The van der Waals surface area contributed by atoms with Crippen molar-refractivity contribution >= 4 is 16.2 Å². The van der Waals surface area contributed by atoms with E-state index in [4.69, 9.17) is 5.11 Å². The molecule has 2 fully saturated rings. The van der Waals surface area contributed by atoms with Gasteiger partial charge >= 0.3 is 5.97 Å². The first-order valence-corrected chi connectivity index (χ1v) is 9.26. The number of hydrogen-bond donors (Lipinski definition) is 1. The molecule has 0 amide bonds. The van der Waals surface area contributed by atoms with Crippen LogP contribution in [-0.2, 0) is 15.0 Å². The highest BCUT2D eigenvalue weighted by atomic mass is 32.2. The fraction of sp³-hybridized carbons (Fsp3) is 0.929. The number of carbonyl (C=O) groups is 1. The molecule has 21 heavy (non-hydrogen) atoms. The monoisotopic (exact) mass is 318 g/mol. The largest absolute Gasteiger partial charge is 0.481 e. The van der Waals surface area contributed by atoms with Crippen LogP contribution in [-0.4, -0.2) is 54.3 Å². The molecule has 2 rings (SSSR count). The summed E-state index contributed by atoms with van der Waals surface area (Å²) in [5.74, 6) is 0.00168. The third-order valence-corrected chi connectivity index (χ3v) is 6.61. The molecule has 2 heterocycles. The molecular formula is C14H26N2O4S. The van der Waals surface area contributed by atoms with Crippen molar-refractivity contribution in [3.05, 3.63) is 0 Å². The van der Waals surface area contributed by atoms with Crippen LogP contribution in [0.15, 0.2) is 0 Å². The zero-order valence-corrected chi connectivity index (χ0v) is 13.5. The van der Waals surface area contributed by atoms with Gasteiger partial charge in [0.25, 0.3) is 10.2 Å². The molecule has 1 atom stereocenters. The minimum atomic E-state index is -3.32. The van der Waals surface area contributed by atoms with Gasteiger partial charge in [-0.25, -0.2) is 0 Å². The standard InChI is InChI=1S/C14H26N2O4S/c1-12-3-2-8-16(11-12)21(19,20)15-9-6-13(7-10-15)4-5-14(17)18/h12-13H,2-11H2,1H3,(H,17,18). The SMILES string of the molecule is CC1CCCN(S(=O)(=O)N2CCC(CCC(=O)O)CC2)C1. The first-order valence-electron chi connectivity index (χ1n) is 7.86. The van der Waals surface area contributed by atoms with Crippen molar-refractivity contribution in [3.8, 4) is 0 Å². The molecule has 0 spiro atoms. The van der Waals surface area contributed by atoms with Crippen LogP contribution in [0.4, 0.5) is 0 Å². The Labute approximate surface area is 127 Å². The van der Waals surface area contributed by atoms with Crippen molar-refractivity contribution in [2.24, 2.45) is 11.8 Å². The van der Waals surface area contributed by atoms with Crippen molar-refractivity contribution < 1.29 is 18.3 Å². The van der Waals surface area contributed by atoms with Gasteiger partial charge in [0.15, 0.2) is 0 Å². The Morgan fingerprint density at radius 2 is 1.81 bits per heavy atom. The lowest BCUT2D eigenvalue weighted by Crippen LogP contribution is -2.50. The van der Waals surface area contributed by atoms with Crippen molar-refractivity contribution in [1.29, 1.82) is 0 Å². The third-order valence-electron chi connectivity index (χ3n) is 4.61. The summed E-state index contributed by atoms with van der Waals surface area (Å²) in [4.78, 5) is 10.6. The number of aliphatic carboxylic acids is 1. The third kappa shape index (κ3) is 4.40. The molecule has 2 aliphatic rings. The summed E-state index contributed by atoms with van der Waals surface area (Å²) in [5, 5.41) is 8.71. The van der Waals surface area contributed by atoms with E-state index in [-0.39, 0.29) is 6.42 Å². The van der Waals surface area contributed by atoms with Gasteiger partial charge in [-0.1, -0.05) is 6.92 Å². The smallest absolute Gasteiger partial charge is 0.303 e. The summed E-state index contributed by atoms with van der Waals surface area (Å²) in [6, 6.07) is 0. The van der Waals surface area contributed by atoms with Crippen LogP contribution >= 0.6 is 0 Å². The van der Waals surface area contributed by atoms with Crippen LogP contribution in [0.3, 0.4) is 0 Å². The van der Waals surface area contributed by atoms with E-state index in [2.05, 4.69) is 6.92 Å². The number of carboxylic acids is 1. The summed E-state index contributed by atoms with van der Waals surface area (Å²) in [7, 11) is -3.32. The van der Waals surface area contributed by atoms with Gasteiger partial charge in [-0.05, 0) is 43.9 Å².